The molecule has 3 nitrogen and oxygen atoms in total. The zero-order chi connectivity index (χ0) is 32.7. The highest BCUT2D eigenvalue weighted by atomic mass is 16.3. The van der Waals surface area contributed by atoms with Crippen LogP contribution in [0.3, 0.4) is 0 Å². The van der Waals surface area contributed by atoms with Gasteiger partial charge in [0.15, 0.2) is 0 Å². The van der Waals surface area contributed by atoms with E-state index >= 15 is 0 Å². The van der Waals surface area contributed by atoms with E-state index in [0.717, 1.165) is 38.8 Å². The van der Waals surface area contributed by atoms with Gasteiger partial charge in [-0.05, 0) is 82.0 Å². The second-order valence-corrected chi connectivity index (χ2v) is 15.5. The number of nitrogens with zero attached hydrogens (tertiary/aromatic N) is 2. The Morgan fingerprint density at radius 1 is 0.396 bits per heavy atom. The van der Waals surface area contributed by atoms with Gasteiger partial charge in [-0.1, -0.05) is 96.1 Å². The summed E-state index contributed by atoms with van der Waals surface area (Å²) in [6.45, 7) is 14.6. The molecule has 3 heteroatoms. The minimum absolute atomic E-state index is 0.0199. The molecule has 0 spiro atoms. The molecule has 10 rings (SSSR count). The number of rotatable bonds is 2. The van der Waals surface area contributed by atoms with E-state index in [1.54, 1.807) is 0 Å². The van der Waals surface area contributed by atoms with Crippen LogP contribution in [0.15, 0.2) is 126 Å². The lowest BCUT2D eigenvalue weighted by Gasteiger charge is -2.44. The molecule has 9 aromatic rings. The van der Waals surface area contributed by atoms with Crippen LogP contribution >= 0.6 is 0 Å². The van der Waals surface area contributed by atoms with Crippen LogP contribution in [-0.4, -0.2) is 9.13 Å². The Labute approximate surface area is 280 Å². The second-order valence-electron chi connectivity index (χ2n) is 15.5. The molecule has 0 radical (unpaired) electrons. The molecule has 3 aromatic heterocycles. The molecule has 48 heavy (non-hydrogen) atoms. The first-order chi connectivity index (χ1) is 23.1. The standard InChI is InChI=1S/C45H38N2O/c1-43(2)35-23-32-31-22-34-33-21-30-29-19-13-14-20-37(29)46(27-15-9-7-10-16-27)39(30)25-41(33)48-42(34)26-40(31)47(28-17-11-8-12-18-28)38(32)24-36(35)44(3,4)45(43,5)6/h7-26H,1-6H3. The van der Waals surface area contributed by atoms with E-state index in [1.165, 1.54) is 49.2 Å². The van der Waals surface area contributed by atoms with Crippen molar-refractivity contribution in [1.29, 1.82) is 0 Å². The largest absolute Gasteiger partial charge is 0.456 e. The zero-order valence-electron chi connectivity index (χ0n) is 28.3. The molecular weight excluding hydrogens is 585 g/mol. The topological polar surface area (TPSA) is 23.0 Å². The average molecular weight is 623 g/mol. The average Bonchev–Trinajstić information content (AvgIpc) is 3.74. The van der Waals surface area contributed by atoms with Gasteiger partial charge in [-0.3, -0.25) is 0 Å². The smallest absolute Gasteiger partial charge is 0.137 e. The molecule has 0 fully saturated rings. The summed E-state index contributed by atoms with van der Waals surface area (Å²) < 4.78 is 11.6. The number of hydrogen-bond donors (Lipinski definition) is 0. The number of hydrogen-bond acceptors (Lipinski definition) is 1. The molecule has 0 amide bonds. The van der Waals surface area contributed by atoms with E-state index in [1.807, 2.05) is 0 Å². The summed E-state index contributed by atoms with van der Waals surface area (Å²) in [4.78, 5) is 0. The fraction of sp³-hybridized carbons (Fsp3) is 0.200. The van der Waals surface area contributed by atoms with Gasteiger partial charge in [-0.15, -0.1) is 0 Å². The predicted molar refractivity (Wildman–Crippen MR) is 202 cm³/mol. The summed E-state index contributed by atoms with van der Waals surface area (Å²) in [6, 6.07) is 44.4. The number of furan rings is 1. The first-order valence-corrected chi connectivity index (χ1v) is 17.1. The van der Waals surface area contributed by atoms with Crippen molar-refractivity contribution in [1.82, 2.24) is 9.13 Å². The van der Waals surface area contributed by atoms with Gasteiger partial charge in [0.05, 0.1) is 22.1 Å². The highest BCUT2D eigenvalue weighted by Gasteiger charge is 2.57. The van der Waals surface area contributed by atoms with E-state index in [2.05, 4.69) is 172 Å². The normalized spacial score (nSPS) is 16.6. The third-order valence-electron chi connectivity index (χ3n) is 12.8. The molecule has 6 aromatic carbocycles. The molecule has 234 valence electrons. The van der Waals surface area contributed by atoms with Crippen molar-refractivity contribution in [3.63, 3.8) is 0 Å². The van der Waals surface area contributed by atoms with Gasteiger partial charge in [-0.25, -0.2) is 0 Å². The van der Waals surface area contributed by atoms with Crippen LogP contribution < -0.4 is 0 Å². The van der Waals surface area contributed by atoms with Crippen LogP contribution in [-0.2, 0) is 10.8 Å². The fourth-order valence-electron chi connectivity index (χ4n) is 8.99. The zero-order valence-corrected chi connectivity index (χ0v) is 28.3. The minimum atomic E-state index is 0.0199. The molecule has 0 atom stereocenters. The van der Waals surface area contributed by atoms with Gasteiger partial charge in [-0.2, -0.15) is 0 Å². The molecule has 1 aliphatic rings. The Balaban J connectivity index is 1.33. The maximum Gasteiger partial charge on any atom is 0.137 e. The van der Waals surface area contributed by atoms with Crippen molar-refractivity contribution < 1.29 is 4.42 Å². The molecule has 0 unspecified atom stereocenters. The summed E-state index contributed by atoms with van der Waals surface area (Å²) in [6.07, 6.45) is 0. The van der Waals surface area contributed by atoms with E-state index in [0.29, 0.717) is 0 Å². The third kappa shape index (κ3) is 3.29. The summed E-state index contributed by atoms with van der Waals surface area (Å²) in [7, 11) is 0. The maximum absolute atomic E-state index is 6.79. The van der Waals surface area contributed by atoms with E-state index in [4.69, 9.17) is 4.42 Å². The summed E-state index contributed by atoms with van der Waals surface area (Å²) in [5.74, 6) is 0. The van der Waals surface area contributed by atoms with E-state index in [-0.39, 0.29) is 16.2 Å². The van der Waals surface area contributed by atoms with E-state index < -0.39 is 0 Å². The molecular formula is C45H38N2O. The lowest BCUT2D eigenvalue weighted by atomic mass is 9.59. The summed E-state index contributed by atoms with van der Waals surface area (Å²) in [5, 5.41) is 7.35. The van der Waals surface area contributed by atoms with Gasteiger partial charge in [0, 0.05) is 55.8 Å². The van der Waals surface area contributed by atoms with Crippen molar-refractivity contribution >= 4 is 65.6 Å². The quantitative estimate of drug-likeness (QED) is 0.188. The van der Waals surface area contributed by atoms with Crippen molar-refractivity contribution in [3.05, 3.63) is 132 Å². The van der Waals surface area contributed by atoms with Crippen LogP contribution in [0.25, 0.3) is 76.9 Å². The van der Waals surface area contributed by atoms with Crippen LogP contribution in [0.4, 0.5) is 0 Å². The Bertz CT molecular complexity index is 2790. The van der Waals surface area contributed by atoms with Crippen LogP contribution in [0, 0.1) is 5.41 Å². The van der Waals surface area contributed by atoms with Gasteiger partial charge in [0.1, 0.15) is 11.2 Å². The highest BCUT2D eigenvalue weighted by Crippen LogP contribution is 2.62. The Kier molecular flexibility index (Phi) is 5.21. The number of aromatic nitrogens is 2. The predicted octanol–water partition coefficient (Wildman–Crippen LogP) is 12.4. The van der Waals surface area contributed by atoms with Gasteiger partial charge in [0.25, 0.3) is 0 Å². The molecule has 3 heterocycles. The van der Waals surface area contributed by atoms with Gasteiger partial charge >= 0.3 is 0 Å². The third-order valence-corrected chi connectivity index (χ3v) is 12.8. The molecule has 1 aliphatic carbocycles. The molecule has 0 saturated carbocycles. The summed E-state index contributed by atoms with van der Waals surface area (Å²) >= 11 is 0. The fourth-order valence-corrected chi connectivity index (χ4v) is 8.99. The van der Waals surface area contributed by atoms with E-state index in [9.17, 15) is 0 Å². The van der Waals surface area contributed by atoms with Crippen molar-refractivity contribution in [2.75, 3.05) is 0 Å². The molecule has 0 bridgehead atoms. The first-order valence-electron chi connectivity index (χ1n) is 17.1. The van der Waals surface area contributed by atoms with Crippen LogP contribution in [0.1, 0.15) is 52.7 Å². The Morgan fingerprint density at radius 3 is 1.42 bits per heavy atom. The minimum Gasteiger partial charge on any atom is -0.456 e. The van der Waals surface area contributed by atoms with Gasteiger partial charge in [0.2, 0.25) is 0 Å². The van der Waals surface area contributed by atoms with Crippen LogP contribution in [0.2, 0.25) is 0 Å². The monoisotopic (exact) mass is 622 g/mol. The Morgan fingerprint density at radius 2 is 0.833 bits per heavy atom. The Hall–Kier alpha value is -5.28. The lowest BCUT2D eigenvalue weighted by molar-refractivity contribution is 0.125. The lowest BCUT2D eigenvalue weighted by Crippen LogP contribution is -2.42. The maximum atomic E-state index is 6.79. The second kappa shape index (κ2) is 8.99. The van der Waals surface area contributed by atoms with Gasteiger partial charge < -0.3 is 13.6 Å². The summed E-state index contributed by atoms with van der Waals surface area (Å²) in [5.41, 5.74) is 12.0. The molecule has 0 aliphatic heterocycles. The first kappa shape index (κ1) is 27.8. The van der Waals surface area contributed by atoms with Crippen molar-refractivity contribution in [2.45, 2.75) is 52.4 Å². The molecule has 0 N–H and O–H groups in total. The van der Waals surface area contributed by atoms with Crippen molar-refractivity contribution in [2.24, 2.45) is 5.41 Å². The number of fused-ring (bicyclic) bond motifs is 10. The number of benzene rings is 6. The SMILES string of the molecule is CC1(C)c2cc3c4cc5c(cc4n(-c4ccccc4)c3cc2C(C)(C)C1(C)C)oc1cc2c(cc15)c1ccccc1n2-c1ccccc1. The van der Waals surface area contributed by atoms with Crippen LogP contribution in [0.5, 0.6) is 0 Å². The van der Waals surface area contributed by atoms with Crippen molar-refractivity contribution in [3.8, 4) is 11.4 Å². The number of para-hydroxylation sites is 3. The highest BCUT2D eigenvalue weighted by molar-refractivity contribution is 6.21. The molecule has 0 saturated heterocycles.